The van der Waals surface area contributed by atoms with Crippen LogP contribution in [0.15, 0.2) is 48.5 Å². The molecule has 1 aliphatic heterocycles. The quantitative estimate of drug-likeness (QED) is 0.383. The molecule has 31 heavy (non-hydrogen) atoms. The third kappa shape index (κ3) is 4.23. The molecule has 1 N–H and O–H groups in total. The highest BCUT2D eigenvalue weighted by Crippen LogP contribution is 2.45. The summed E-state index contributed by atoms with van der Waals surface area (Å²) < 4.78 is 14.4. The van der Waals surface area contributed by atoms with E-state index in [0.29, 0.717) is 5.56 Å². The number of thiophene rings is 1. The summed E-state index contributed by atoms with van der Waals surface area (Å²) in [7, 11) is 0. The first-order valence-corrected chi connectivity index (χ1v) is 11.6. The van der Waals surface area contributed by atoms with E-state index in [-0.39, 0.29) is 24.1 Å². The summed E-state index contributed by atoms with van der Waals surface area (Å²) in [4.78, 5) is 21.4. The summed E-state index contributed by atoms with van der Waals surface area (Å²) in [5, 5.41) is 4.85. The van der Waals surface area contributed by atoms with Gasteiger partial charge in [0.15, 0.2) is 0 Å². The molecule has 0 atom stereocenters. The number of nitrogens with zero attached hydrogens (tertiary/aromatic N) is 2. The van der Waals surface area contributed by atoms with Crippen LogP contribution in [0.1, 0.15) is 27.7 Å². The lowest BCUT2D eigenvalue weighted by atomic mass is 10.0. The van der Waals surface area contributed by atoms with Gasteiger partial charge in [-0.2, -0.15) is 0 Å². The molecule has 2 aromatic heterocycles. The fourth-order valence-electron chi connectivity index (χ4n) is 3.80. The zero-order valence-electron chi connectivity index (χ0n) is 16.9. The minimum Gasteiger partial charge on any atom is -0.313 e. The molecule has 0 saturated carbocycles. The van der Waals surface area contributed by atoms with Crippen LogP contribution in [0.25, 0.3) is 20.8 Å². The summed E-state index contributed by atoms with van der Waals surface area (Å²) in [5.41, 5.74) is 3.74. The molecule has 160 valence electrons. The lowest BCUT2D eigenvalue weighted by Crippen LogP contribution is -2.29. The Bertz CT molecular complexity index is 1200. The molecule has 0 unspecified atom stereocenters. The number of rotatable bonds is 4. The van der Waals surface area contributed by atoms with Crippen LogP contribution >= 0.6 is 35.1 Å². The first kappa shape index (κ1) is 21.9. The highest BCUT2D eigenvalue weighted by atomic mass is 35.5. The number of anilines is 1. The van der Waals surface area contributed by atoms with Gasteiger partial charge < -0.3 is 5.32 Å². The van der Waals surface area contributed by atoms with Crippen molar-refractivity contribution in [3.8, 4) is 10.6 Å². The average molecular weight is 474 g/mol. The Kier molecular flexibility index (Phi) is 6.39. The highest BCUT2D eigenvalue weighted by molar-refractivity contribution is 7.23. The van der Waals surface area contributed by atoms with E-state index in [1.807, 2.05) is 18.2 Å². The third-order valence-corrected chi connectivity index (χ3v) is 7.61. The summed E-state index contributed by atoms with van der Waals surface area (Å²) in [6, 6.07) is 13.7. The van der Waals surface area contributed by atoms with Gasteiger partial charge in [0.2, 0.25) is 0 Å². The molecule has 1 aliphatic rings. The molecule has 1 amide bonds. The van der Waals surface area contributed by atoms with Crippen LogP contribution in [0.4, 0.5) is 9.39 Å². The van der Waals surface area contributed by atoms with Gasteiger partial charge in [-0.25, -0.2) is 9.37 Å². The molecular weight excluding hydrogens is 453 g/mol. The maximum absolute atomic E-state index is 13.2. The van der Waals surface area contributed by atoms with Crippen molar-refractivity contribution in [2.24, 2.45) is 0 Å². The van der Waals surface area contributed by atoms with E-state index >= 15 is 0 Å². The maximum atomic E-state index is 13.2. The van der Waals surface area contributed by atoms with E-state index in [9.17, 15) is 9.18 Å². The standard InChI is InChI=1S/C23H20FN3OS2.ClH/c1-2-27-12-11-16-19(13-27)30-23(26-21(28)14-7-9-15(24)10-8-14)20(16)22-25-17-5-3-4-6-18(17)29-22;/h3-10H,2,11-13H2,1H3,(H,26,28);1H. The lowest BCUT2D eigenvalue weighted by Gasteiger charge is -2.25. The van der Waals surface area contributed by atoms with Crippen LogP contribution in [0.2, 0.25) is 0 Å². The van der Waals surface area contributed by atoms with Gasteiger partial charge in [-0.05, 0) is 54.9 Å². The molecule has 0 spiro atoms. The van der Waals surface area contributed by atoms with Crippen molar-refractivity contribution < 1.29 is 9.18 Å². The molecule has 4 nitrogen and oxygen atoms in total. The number of carbonyl (C=O) groups is 1. The summed E-state index contributed by atoms with van der Waals surface area (Å²) in [5.74, 6) is -0.587. The molecule has 0 bridgehead atoms. The van der Waals surface area contributed by atoms with Crippen LogP contribution in [0.3, 0.4) is 0 Å². The predicted octanol–water partition coefficient (Wildman–Crippen LogP) is 6.22. The van der Waals surface area contributed by atoms with Gasteiger partial charge in [0.05, 0.1) is 10.2 Å². The minimum absolute atomic E-state index is 0. The van der Waals surface area contributed by atoms with Crippen LogP contribution in [-0.4, -0.2) is 28.9 Å². The molecule has 5 rings (SSSR count). The number of fused-ring (bicyclic) bond motifs is 2. The van der Waals surface area contributed by atoms with Crippen molar-refractivity contribution >= 4 is 56.2 Å². The monoisotopic (exact) mass is 473 g/mol. The Morgan fingerprint density at radius 3 is 2.68 bits per heavy atom. The maximum Gasteiger partial charge on any atom is 0.256 e. The van der Waals surface area contributed by atoms with E-state index in [4.69, 9.17) is 4.98 Å². The second-order valence-electron chi connectivity index (χ2n) is 7.27. The van der Waals surface area contributed by atoms with E-state index in [1.54, 1.807) is 22.7 Å². The van der Waals surface area contributed by atoms with Gasteiger partial charge in [-0.1, -0.05) is 19.1 Å². The van der Waals surface area contributed by atoms with Gasteiger partial charge >= 0.3 is 0 Å². The first-order chi connectivity index (χ1) is 14.6. The smallest absolute Gasteiger partial charge is 0.256 e. The average Bonchev–Trinajstić information content (AvgIpc) is 3.33. The molecule has 8 heteroatoms. The van der Waals surface area contributed by atoms with E-state index in [0.717, 1.165) is 51.8 Å². The Morgan fingerprint density at radius 1 is 1.16 bits per heavy atom. The molecule has 0 radical (unpaired) electrons. The van der Waals surface area contributed by atoms with Gasteiger partial charge in [0.1, 0.15) is 15.8 Å². The van der Waals surface area contributed by atoms with Crippen LogP contribution in [0.5, 0.6) is 0 Å². The number of carbonyl (C=O) groups excluding carboxylic acids is 1. The van der Waals surface area contributed by atoms with Crippen molar-refractivity contribution in [1.29, 1.82) is 0 Å². The first-order valence-electron chi connectivity index (χ1n) is 9.92. The largest absolute Gasteiger partial charge is 0.313 e. The Hall–Kier alpha value is -2.32. The summed E-state index contributed by atoms with van der Waals surface area (Å²) in [6.07, 6.45) is 0.942. The number of halogens is 2. The lowest BCUT2D eigenvalue weighted by molar-refractivity contribution is 0.102. The van der Waals surface area contributed by atoms with Gasteiger partial charge in [-0.15, -0.1) is 35.1 Å². The number of thiazole rings is 1. The Labute approximate surface area is 194 Å². The molecule has 0 aliphatic carbocycles. The molecule has 3 heterocycles. The number of benzene rings is 2. The van der Waals surface area contributed by atoms with Crippen molar-refractivity contribution in [2.45, 2.75) is 19.9 Å². The van der Waals surface area contributed by atoms with Crippen LogP contribution < -0.4 is 5.32 Å². The molecule has 0 saturated heterocycles. The van der Waals surface area contributed by atoms with Gasteiger partial charge in [0, 0.05) is 29.1 Å². The minimum atomic E-state index is -0.354. The highest BCUT2D eigenvalue weighted by Gasteiger charge is 2.27. The predicted molar refractivity (Wildman–Crippen MR) is 129 cm³/mol. The van der Waals surface area contributed by atoms with Crippen molar-refractivity contribution in [1.82, 2.24) is 9.88 Å². The summed E-state index contributed by atoms with van der Waals surface area (Å²) >= 11 is 3.29. The normalized spacial score (nSPS) is 13.6. The number of aromatic nitrogens is 1. The number of hydrogen-bond acceptors (Lipinski definition) is 5. The molecule has 4 aromatic rings. The van der Waals surface area contributed by atoms with Crippen molar-refractivity contribution in [3.63, 3.8) is 0 Å². The fourth-order valence-corrected chi connectivity index (χ4v) is 6.19. The summed E-state index contributed by atoms with van der Waals surface area (Å²) in [6.45, 7) is 5.07. The van der Waals surface area contributed by atoms with Gasteiger partial charge in [-0.3, -0.25) is 9.69 Å². The SMILES string of the molecule is CCN1CCc2c(sc(NC(=O)c3ccc(F)cc3)c2-c2nc3ccccc3s2)C1.Cl. The van der Waals surface area contributed by atoms with E-state index in [1.165, 1.54) is 34.7 Å². The second-order valence-corrected chi connectivity index (χ2v) is 9.41. The Morgan fingerprint density at radius 2 is 1.94 bits per heavy atom. The number of para-hydroxylation sites is 1. The number of likely N-dealkylation sites (N-methyl/N-ethyl adjacent to an activating group) is 1. The second kappa shape index (κ2) is 9.04. The topological polar surface area (TPSA) is 45.2 Å². The zero-order chi connectivity index (χ0) is 20.7. The van der Waals surface area contributed by atoms with Crippen molar-refractivity contribution in [3.05, 3.63) is 70.4 Å². The van der Waals surface area contributed by atoms with E-state index in [2.05, 4.69) is 23.2 Å². The molecule has 0 fully saturated rings. The van der Waals surface area contributed by atoms with Gasteiger partial charge in [0.25, 0.3) is 5.91 Å². The number of amides is 1. The van der Waals surface area contributed by atoms with E-state index < -0.39 is 0 Å². The third-order valence-electron chi connectivity index (χ3n) is 5.42. The Balaban J connectivity index is 0.00000231. The number of hydrogen-bond donors (Lipinski definition) is 1. The molecule has 2 aromatic carbocycles. The number of nitrogens with one attached hydrogen (secondary N) is 1. The van der Waals surface area contributed by atoms with Crippen LogP contribution in [0, 0.1) is 5.82 Å². The van der Waals surface area contributed by atoms with Crippen LogP contribution in [-0.2, 0) is 13.0 Å². The van der Waals surface area contributed by atoms with Crippen molar-refractivity contribution in [2.75, 3.05) is 18.4 Å². The molecular formula is C23H21ClFN3OS2. The fraction of sp³-hybridized carbons (Fsp3) is 0.217. The zero-order valence-corrected chi connectivity index (χ0v) is 19.3.